The monoisotopic (exact) mass is 354 g/mol. The quantitative estimate of drug-likeness (QED) is 0.822. The van der Waals surface area contributed by atoms with Crippen LogP contribution in [0.1, 0.15) is 11.1 Å². The predicted molar refractivity (Wildman–Crippen MR) is 78.8 cm³/mol. The molecule has 17 heavy (non-hydrogen) atoms. The van der Waals surface area contributed by atoms with Crippen LogP contribution in [0.5, 0.6) is 0 Å². The second-order valence-electron chi connectivity index (χ2n) is 3.87. The Hall–Kier alpha value is -0.870. The smallest absolute Gasteiger partial charge is 0.144 e. The maximum absolute atomic E-state index is 4.33. The number of rotatable bonds is 2. The maximum atomic E-state index is 4.33. The van der Waals surface area contributed by atoms with Crippen LogP contribution in [0.2, 0.25) is 0 Å². The van der Waals surface area contributed by atoms with E-state index in [4.69, 9.17) is 0 Å². The molecule has 2 rings (SSSR count). The second kappa shape index (κ2) is 5.19. The van der Waals surface area contributed by atoms with Gasteiger partial charge in [0.25, 0.3) is 0 Å². The fourth-order valence-electron chi connectivity index (χ4n) is 1.52. The van der Waals surface area contributed by atoms with E-state index in [1.165, 1.54) is 5.56 Å². The van der Waals surface area contributed by atoms with Gasteiger partial charge in [0, 0.05) is 16.4 Å². The molecule has 0 saturated heterocycles. The van der Waals surface area contributed by atoms with Crippen LogP contribution in [0.15, 0.2) is 39.4 Å². The molecule has 1 aromatic heterocycles. The summed E-state index contributed by atoms with van der Waals surface area (Å²) in [4.78, 5) is 4.33. The van der Waals surface area contributed by atoms with E-state index >= 15 is 0 Å². The summed E-state index contributed by atoms with van der Waals surface area (Å²) in [5.74, 6) is 0.843. The normalized spacial score (nSPS) is 10.4. The summed E-state index contributed by atoms with van der Waals surface area (Å²) in [6, 6.07) is 8.10. The first-order chi connectivity index (χ1) is 8.08. The van der Waals surface area contributed by atoms with Crippen LogP contribution >= 0.6 is 31.9 Å². The highest BCUT2D eigenvalue weighted by atomic mass is 79.9. The molecule has 0 amide bonds. The van der Waals surface area contributed by atoms with Gasteiger partial charge in [-0.05, 0) is 65.2 Å². The number of aromatic nitrogens is 1. The lowest BCUT2D eigenvalue weighted by atomic mass is 10.2. The minimum atomic E-state index is 0.843. The largest absolute Gasteiger partial charge is 0.339 e. The van der Waals surface area contributed by atoms with Crippen LogP contribution in [0, 0.1) is 13.8 Å². The number of halogens is 2. The number of aryl methyl sites for hydroxylation is 2. The zero-order valence-corrected chi connectivity index (χ0v) is 12.8. The Morgan fingerprint density at radius 2 is 1.82 bits per heavy atom. The van der Waals surface area contributed by atoms with Crippen molar-refractivity contribution in [3.05, 3.63) is 50.5 Å². The third-order valence-electron chi connectivity index (χ3n) is 2.52. The van der Waals surface area contributed by atoms with Crippen molar-refractivity contribution in [3.8, 4) is 0 Å². The van der Waals surface area contributed by atoms with Gasteiger partial charge in [-0.1, -0.05) is 15.9 Å². The molecule has 0 aliphatic rings. The van der Waals surface area contributed by atoms with Gasteiger partial charge in [0.2, 0.25) is 0 Å². The van der Waals surface area contributed by atoms with E-state index in [0.29, 0.717) is 0 Å². The minimum absolute atomic E-state index is 0.843. The molecule has 0 spiro atoms. The van der Waals surface area contributed by atoms with Crippen molar-refractivity contribution in [2.24, 2.45) is 0 Å². The summed E-state index contributed by atoms with van der Waals surface area (Å²) in [7, 11) is 0. The van der Waals surface area contributed by atoms with E-state index in [-0.39, 0.29) is 0 Å². The van der Waals surface area contributed by atoms with E-state index in [1.807, 2.05) is 25.1 Å². The Labute approximate surface area is 118 Å². The van der Waals surface area contributed by atoms with Gasteiger partial charge in [0.15, 0.2) is 0 Å². The first kappa shape index (κ1) is 12.6. The number of hydrogen-bond donors (Lipinski definition) is 1. The molecule has 0 atom stereocenters. The van der Waals surface area contributed by atoms with Gasteiger partial charge in [-0.2, -0.15) is 0 Å². The number of anilines is 2. The Morgan fingerprint density at radius 1 is 1.06 bits per heavy atom. The Morgan fingerprint density at radius 3 is 2.53 bits per heavy atom. The van der Waals surface area contributed by atoms with Crippen molar-refractivity contribution in [1.82, 2.24) is 4.98 Å². The summed E-state index contributed by atoms with van der Waals surface area (Å²) in [5.41, 5.74) is 3.40. The molecule has 4 heteroatoms. The molecule has 1 N–H and O–H groups in total. The van der Waals surface area contributed by atoms with Crippen LogP contribution in [-0.2, 0) is 0 Å². The number of hydrogen-bond acceptors (Lipinski definition) is 2. The van der Waals surface area contributed by atoms with Gasteiger partial charge < -0.3 is 5.32 Å². The average molecular weight is 356 g/mol. The van der Waals surface area contributed by atoms with E-state index in [2.05, 4.69) is 55.2 Å². The first-order valence-corrected chi connectivity index (χ1v) is 6.81. The first-order valence-electron chi connectivity index (χ1n) is 5.22. The third kappa shape index (κ3) is 2.87. The van der Waals surface area contributed by atoms with Crippen LogP contribution in [0.3, 0.4) is 0 Å². The van der Waals surface area contributed by atoms with Gasteiger partial charge in [-0.15, -0.1) is 0 Å². The summed E-state index contributed by atoms with van der Waals surface area (Å²) < 4.78 is 2.08. The van der Waals surface area contributed by atoms with Crippen molar-refractivity contribution < 1.29 is 0 Å². The molecule has 2 aromatic rings. The van der Waals surface area contributed by atoms with Gasteiger partial charge in [-0.25, -0.2) is 4.98 Å². The minimum Gasteiger partial charge on any atom is -0.339 e. The number of nitrogens with one attached hydrogen (secondary N) is 1. The lowest BCUT2D eigenvalue weighted by Crippen LogP contribution is -1.97. The van der Waals surface area contributed by atoms with Gasteiger partial charge in [-0.3, -0.25) is 0 Å². The zero-order chi connectivity index (χ0) is 12.4. The van der Waals surface area contributed by atoms with Crippen molar-refractivity contribution in [2.75, 3.05) is 5.32 Å². The topological polar surface area (TPSA) is 24.9 Å². The molecule has 88 valence electrons. The van der Waals surface area contributed by atoms with Gasteiger partial charge in [0.1, 0.15) is 5.82 Å². The molecule has 2 nitrogen and oxygen atoms in total. The SMILES string of the molecule is Cc1cc(Br)ccc1Nc1nccc(C)c1Br. The van der Waals surface area contributed by atoms with E-state index in [1.54, 1.807) is 6.20 Å². The number of nitrogens with zero attached hydrogens (tertiary/aromatic N) is 1. The van der Waals surface area contributed by atoms with Gasteiger partial charge in [0.05, 0.1) is 4.47 Å². The van der Waals surface area contributed by atoms with Crippen molar-refractivity contribution >= 4 is 43.4 Å². The predicted octanol–water partition coefficient (Wildman–Crippen LogP) is 4.97. The average Bonchev–Trinajstić information content (AvgIpc) is 2.28. The number of pyridine rings is 1. The fourth-order valence-corrected chi connectivity index (χ4v) is 2.33. The summed E-state index contributed by atoms with van der Waals surface area (Å²) in [6.45, 7) is 4.11. The van der Waals surface area contributed by atoms with E-state index < -0.39 is 0 Å². The lowest BCUT2D eigenvalue weighted by molar-refractivity contribution is 1.24. The summed E-state index contributed by atoms with van der Waals surface area (Å²) in [5, 5.41) is 3.33. The van der Waals surface area contributed by atoms with Crippen LogP contribution < -0.4 is 5.32 Å². The Balaban J connectivity index is 2.35. The Bertz CT molecular complexity index is 553. The van der Waals surface area contributed by atoms with Crippen LogP contribution in [0.25, 0.3) is 0 Å². The summed E-state index contributed by atoms with van der Waals surface area (Å²) in [6.07, 6.45) is 1.80. The van der Waals surface area contributed by atoms with Gasteiger partial charge >= 0.3 is 0 Å². The molecule has 0 bridgehead atoms. The highest BCUT2D eigenvalue weighted by molar-refractivity contribution is 9.11. The molecular formula is C13H12Br2N2. The Kier molecular flexibility index (Phi) is 3.84. The third-order valence-corrected chi connectivity index (χ3v) is 4.02. The van der Waals surface area contributed by atoms with Crippen molar-refractivity contribution in [2.45, 2.75) is 13.8 Å². The highest BCUT2D eigenvalue weighted by Gasteiger charge is 2.05. The van der Waals surface area contributed by atoms with Crippen LogP contribution in [0.4, 0.5) is 11.5 Å². The van der Waals surface area contributed by atoms with Crippen molar-refractivity contribution in [1.29, 1.82) is 0 Å². The van der Waals surface area contributed by atoms with Crippen molar-refractivity contribution in [3.63, 3.8) is 0 Å². The molecule has 0 fully saturated rings. The molecule has 1 aromatic carbocycles. The molecule has 0 aliphatic heterocycles. The fraction of sp³-hybridized carbons (Fsp3) is 0.154. The van der Waals surface area contributed by atoms with E-state index in [0.717, 1.165) is 26.0 Å². The maximum Gasteiger partial charge on any atom is 0.144 e. The highest BCUT2D eigenvalue weighted by Crippen LogP contribution is 2.28. The second-order valence-corrected chi connectivity index (χ2v) is 5.58. The lowest BCUT2D eigenvalue weighted by Gasteiger charge is -2.11. The van der Waals surface area contributed by atoms with Crippen LogP contribution in [-0.4, -0.2) is 4.98 Å². The molecule has 0 unspecified atom stereocenters. The number of benzene rings is 1. The molecule has 0 radical (unpaired) electrons. The molecule has 0 saturated carbocycles. The standard InChI is InChI=1S/C13H12Br2N2/c1-8-5-6-16-13(12(8)15)17-11-4-3-10(14)7-9(11)2/h3-7H,1-2H3,(H,16,17). The molecule has 1 heterocycles. The van der Waals surface area contributed by atoms with E-state index in [9.17, 15) is 0 Å². The molecule has 0 aliphatic carbocycles. The summed E-state index contributed by atoms with van der Waals surface area (Å²) >= 11 is 7.00. The zero-order valence-electron chi connectivity index (χ0n) is 9.59. The molecular weight excluding hydrogens is 344 g/mol.